The smallest absolute Gasteiger partial charge is 0.316 e. The second-order valence-corrected chi connectivity index (χ2v) is 5.74. The van der Waals surface area contributed by atoms with Gasteiger partial charge in [0, 0.05) is 42.6 Å². The van der Waals surface area contributed by atoms with Crippen LogP contribution >= 0.6 is 27.3 Å². The van der Waals surface area contributed by atoms with Crippen LogP contribution in [0.25, 0.3) is 0 Å². The number of carbonyl (C=O) groups is 1. The van der Waals surface area contributed by atoms with Gasteiger partial charge in [0.1, 0.15) is 0 Å². The summed E-state index contributed by atoms with van der Waals surface area (Å²) < 4.78 is 1.14. The van der Waals surface area contributed by atoms with E-state index in [0.29, 0.717) is 12.6 Å². The first-order chi connectivity index (χ1) is 8.02. The van der Waals surface area contributed by atoms with E-state index in [-0.39, 0.29) is 6.03 Å². The van der Waals surface area contributed by atoms with E-state index in [1.54, 1.807) is 25.4 Å². The van der Waals surface area contributed by atoms with E-state index in [0.717, 1.165) is 11.0 Å². The average Bonchev–Trinajstić information content (AvgIpc) is 2.70. The third kappa shape index (κ3) is 4.65. The summed E-state index contributed by atoms with van der Waals surface area (Å²) in [6, 6.07) is 2.28. The molecule has 4 nitrogen and oxygen atoms in total. The van der Waals surface area contributed by atoms with Crippen molar-refractivity contribution in [2.24, 2.45) is 0 Å². The molecule has 2 amide bonds. The SMILES string of the molecule is CC(NCCNC(=O)N(C)C)c1sccc1Br. The summed E-state index contributed by atoms with van der Waals surface area (Å²) in [6.07, 6.45) is 0. The average molecular weight is 320 g/mol. The Morgan fingerprint density at radius 2 is 2.24 bits per heavy atom. The third-order valence-corrected chi connectivity index (χ3v) is 4.35. The van der Waals surface area contributed by atoms with E-state index < -0.39 is 0 Å². The predicted molar refractivity (Wildman–Crippen MR) is 75.5 cm³/mol. The monoisotopic (exact) mass is 319 g/mol. The minimum atomic E-state index is -0.0586. The summed E-state index contributed by atoms with van der Waals surface area (Å²) in [5.41, 5.74) is 0. The van der Waals surface area contributed by atoms with Crippen LogP contribution in [-0.4, -0.2) is 38.1 Å². The summed E-state index contributed by atoms with van der Waals surface area (Å²) in [5, 5.41) is 8.24. The van der Waals surface area contributed by atoms with Crippen molar-refractivity contribution in [3.8, 4) is 0 Å². The Morgan fingerprint density at radius 3 is 2.76 bits per heavy atom. The zero-order valence-corrected chi connectivity index (χ0v) is 12.7. The molecule has 17 heavy (non-hydrogen) atoms. The molecule has 1 atom stereocenters. The van der Waals surface area contributed by atoms with Gasteiger partial charge in [0.2, 0.25) is 0 Å². The molecule has 6 heteroatoms. The molecule has 96 valence electrons. The lowest BCUT2D eigenvalue weighted by Crippen LogP contribution is -2.38. The van der Waals surface area contributed by atoms with Gasteiger partial charge in [0.05, 0.1) is 0 Å². The Hall–Kier alpha value is -0.590. The Morgan fingerprint density at radius 1 is 1.53 bits per heavy atom. The molecule has 0 spiro atoms. The molecule has 0 bridgehead atoms. The van der Waals surface area contributed by atoms with E-state index in [1.165, 1.54) is 9.78 Å². The summed E-state index contributed by atoms with van der Waals surface area (Å²) in [5.74, 6) is 0. The second kappa shape index (κ2) is 6.98. The van der Waals surface area contributed by atoms with Gasteiger partial charge in [-0.2, -0.15) is 0 Å². The summed E-state index contributed by atoms with van der Waals surface area (Å²) in [4.78, 5) is 14.1. The minimum Gasteiger partial charge on any atom is -0.337 e. The lowest BCUT2D eigenvalue weighted by atomic mass is 10.3. The fraction of sp³-hybridized carbons (Fsp3) is 0.545. The third-order valence-electron chi connectivity index (χ3n) is 2.30. The van der Waals surface area contributed by atoms with E-state index >= 15 is 0 Å². The molecule has 0 saturated heterocycles. The number of nitrogens with one attached hydrogen (secondary N) is 2. The highest BCUT2D eigenvalue weighted by Crippen LogP contribution is 2.28. The van der Waals surface area contributed by atoms with Crippen molar-refractivity contribution in [2.75, 3.05) is 27.2 Å². The van der Waals surface area contributed by atoms with Gasteiger partial charge in [0.15, 0.2) is 0 Å². The van der Waals surface area contributed by atoms with Crippen molar-refractivity contribution in [2.45, 2.75) is 13.0 Å². The molecule has 1 rings (SSSR count). The summed E-state index contributed by atoms with van der Waals surface area (Å²) in [6.45, 7) is 3.50. The number of halogens is 1. The molecular formula is C11H18BrN3OS. The number of hydrogen-bond donors (Lipinski definition) is 2. The van der Waals surface area contributed by atoms with Crippen LogP contribution < -0.4 is 10.6 Å². The zero-order valence-electron chi connectivity index (χ0n) is 10.3. The maximum atomic E-state index is 11.3. The fourth-order valence-corrected chi connectivity index (χ4v) is 3.07. The molecule has 2 N–H and O–H groups in total. The van der Waals surface area contributed by atoms with Crippen molar-refractivity contribution in [3.63, 3.8) is 0 Å². The molecule has 0 radical (unpaired) electrons. The first kappa shape index (κ1) is 14.5. The molecule has 0 saturated carbocycles. The predicted octanol–water partition coefficient (Wildman–Crippen LogP) is 2.43. The Labute approximate surface area is 115 Å². The second-order valence-electron chi connectivity index (χ2n) is 3.93. The molecule has 0 aliphatic carbocycles. The van der Waals surface area contributed by atoms with Gasteiger partial charge >= 0.3 is 6.03 Å². The van der Waals surface area contributed by atoms with Gasteiger partial charge in [-0.05, 0) is 34.3 Å². The van der Waals surface area contributed by atoms with Crippen molar-refractivity contribution >= 4 is 33.3 Å². The molecule has 1 aromatic rings. The van der Waals surface area contributed by atoms with Crippen LogP contribution in [0.5, 0.6) is 0 Å². The zero-order chi connectivity index (χ0) is 12.8. The van der Waals surface area contributed by atoms with Crippen LogP contribution in [0.3, 0.4) is 0 Å². The minimum absolute atomic E-state index is 0.0586. The quantitative estimate of drug-likeness (QED) is 0.819. The topological polar surface area (TPSA) is 44.4 Å². The van der Waals surface area contributed by atoms with E-state index in [9.17, 15) is 4.79 Å². The Kier molecular flexibility index (Phi) is 5.94. The van der Waals surface area contributed by atoms with E-state index in [1.807, 2.05) is 6.07 Å². The highest BCUT2D eigenvalue weighted by atomic mass is 79.9. The maximum Gasteiger partial charge on any atom is 0.316 e. The number of amides is 2. The highest BCUT2D eigenvalue weighted by molar-refractivity contribution is 9.10. The van der Waals surface area contributed by atoms with Crippen molar-refractivity contribution in [1.82, 2.24) is 15.5 Å². The number of carbonyl (C=O) groups excluding carboxylic acids is 1. The van der Waals surface area contributed by atoms with E-state index in [4.69, 9.17) is 0 Å². The Balaban J connectivity index is 2.24. The summed E-state index contributed by atoms with van der Waals surface area (Å²) >= 11 is 5.23. The number of rotatable bonds is 5. The van der Waals surface area contributed by atoms with Crippen LogP contribution in [-0.2, 0) is 0 Å². The van der Waals surface area contributed by atoms with Gasteiger partial charge < -0.3 is 15.5 Å². The molecule has 0 aliphatic heterocycles. The highest BCUT2D eigenvalue weighted by Gasteiger charge is 2.09. The van der Waals surface area contributed by atoms with Crippen molar-refractivity contribution < 1.29 is 4.79 Å². The van der Waals surface area contributed by atoms with Crippen LogP contribution in [0.15, 0.2) is 15.9 Å². The van der Waals surface area contributed by atoms with Gasteiger partial charge in [0.25, 0.3) is 0 Å². The lowest BCUT2D eigenvalue weighted by Gasteiger charge is -2.15. The first-order valence-electron chi connectivity index (χ1n) is 5.43. The number of urea groups is 1. The maximum absolute atomic E-state index is 11.3. The van der Waals surface area contributed by atoms with Crippen LogP contribution in [0, 0.1) is 0 Å². The lowest BCUT2D eigenvalue weighted by molar-refractivity contribution is 0.217. The first-order valence-corrected chi connectivity index (χ1v) is 7.11. The molecule has 0 aromatic carbocycles. The molecule has 1 unspecified atom stereocenters. The van der Waals surface area contributed by atoms with E-state index in [2.05, 4.69) is 38.9 Å². The number of nitrogens with zero attached hydrogens (tertiary/aromatic N) is 1. The molecular weight excluding hydrogens is 302 g/mol. The fourth-order valence-electron chi connectivity index (χ4n) is 1.32. The van der Waals surface area contributed by atoms with Gasteiger partial charge in [-0.25, -0.2) is 4.79 Å². The Bertz CT molecular complexity index is 367. The molecule has 1 heterocycles. The van der Waals surface area contributed by atoms with Gasteiger partial charge in [-0.3, -0.25) is 0 Å². The molecule has 1 aromatic heterocycles. The van der Waals surface area contributed by atoms with Crippen molar-refractivity contribution in [1.29, 1.82) is 0 Å². The van der Waals surface area contributed by atoms with Crippen molar-refractivity contribution in [3.05, 3.63) is 20.8 Å². The number of thiophene rings is 1. The normalized spacial score (nSPS) is 12.2. The standard InChI is InChI=1S/C11H18BrN3OS/c1-8(10-9(12)4-7-17-10)13-5-6-14-11(16)15(2)3/h4,7-8,13H,5-6H2,1-3H3,(H,14,16). The molecule has 0 aliphatic rings. The van der Waals surface area contributed by atoms with Crippen LogP contribution in [0.1, 0.15) is 17.8 Å². The van der Waals surface area contributed by atoms with Gasteiger partial charge in [-0.1, -0.05) is 0 Å². The number of hydrogen-bond acceptors (Lipinski definition) is 3. The van der Waals surface area contributed by atoms with Gasteiger partial charge in [-0.15, -0.1) is 11.3 Å². The van der Waals surface area contributed by atoms with Crippen LogP contribution in [0.4, 0.5) is 4.79 Å². The van der Waals surface area contributed by atoms with Crippen LogP contribution in [0.2, 0.25) is 0 Å². The largest absolute Gasteiger partial charge is 0.337 e. The summed E-state index contributed by atoms with van der Waals surface area (Å²) in [7, 11) is 3.46. The molecule has 0 fully saturated rings.